The lowest BCUT2D eigenvalue weighted by molar-refractivity contribution is -0.160. The third-order valence-corrected chi connectivity index (χ3v) is 2.68. The van der Waals surface area contributed by atoms with Crippen LogP contribution in [0, 0.1) is 0 Å². The van der Waals surface area contributed by atoms with Gasteiger partial charge < -0.3 is 5.32 Å². The standard InChI is InChI=1S/C12H23N3O5/c1-14(19)11(17)6-4-3-5-9-13-10(16)7-8-12(18)15(2)20/h19-20H,3-9H2,1-2H3,(H,13,16). The van der Waals surface area contributed by atoms with Crippen LogP contribution >= 0.6 is 0 Å². The molecule has 0 aromatic heterocycles. The molecule has 0 aliphatic heterocycles. The molecule has 0 saturated heterocycles. The number of nitrogens with zero attached hydrogens (tertiary/aromatic N) is 2. The maximum absolute atomic E-state index is 11.3. The van der Waals surface area contributed by atoms with Crippen molar-refractivity contribution in [3.63, 3.8) is 0 Å². The molecule has 0 atom stereocenters. The summed E-state index contributed by atoms with van der Waals surface area (Å²) >= 11 is 0. The van der Waals surface area contributed by atoms with Crippen molar-refractivity contribution in [1.82, 2.24) is 15.4 Å². The maximum Gasteiger partial charge on any atom is 0.246 e. The van der Waals surface area contributed by atoms with E-state index in [9.17, 15) is 14.4 Å². The molecule has 3 amide bonds. The third kappa shape index (κ3) is 9.29. The molecule has 0 heterocycles. The number of hydrogen-bond acceptors (Lipinski definition) is 5. The van der Waals surface area contributed by atoms with E-state index in [0.29, 0.717) is 23.1 Å². The Kier molecular flexibility index (Phi) is 9.31. The fraction of sp³-hybridized carbons (Fsp3) is 0.750. The SMILES string of the molecule is CN(O)C(=O)CCCCCNC(=O)CCC(=O)N(C)O. The average Bonchev–Trinajstić information content (AvgIpc) is 2.39. The number of rotatable bonds is 9. The Bertz CT molecular complexity index is 331. The van der Waals surface area contributed by atoms with Gasteiger partial charge in [-0.3, -0.25) is 24.8 Å². The first-order valence-electron chi connectivity index (χ1n) is 6.52. The molecule has 0 radical (unpaired) electrons. The van der Waals surface area contributed by atoms with Crippen molar-refractivity contribution in [2.24, 2.45) is 0 Å². The van der Waals surface area contributed by atoms with E-state index in [1.165, 1.54) is 14.1 Å². The van der Waals surface area contributed by atoms with Crippen LogP contribution in [-0.4, -0.2) is 58.9 Å². The minimum atomic E-state index is -0.508. The van der Waals surface area contributed by atoms with E-state index >= 15 is 0 Å². The lowest BCUT2D eigenvalue weighted by Gasteiger charge is -2.09. The van der Waals surface area contributed by atoms with Gasteiger partial charge in [-0.15, -0.1) is 0 Å². The summed E-state index contributed by atoms with van der Waals surface area (Å²) < 4.78 is 0. The number of unbranched alkanes of at least 4 members (excludes halogenated alkanes) is 2. The van der Waals surface area contributed by atoms with E-state index in [0.717, 1.165) is 12.8 Å². The Hall–Kier alpha value is -1.67. The number of carbonyl (C=O) groups is 3. The molecule has 8 nitrogen and oxygen atoms in total. The number of amides is 3. The van der Waals surface area contributed by atoms with Crippen molar-refractivity contribution < 1.29 is 24.8 Å². The van der Waals surface area contributed by atoms with E-state index in [4.69, 9.17) is 10.4 Å². The maximum atomic E-state index is 11.3. The normalized spacial score (nSPS) is 10.0. The summed E-state index contributed by atoms with van der Waals surface area (Å²) in [7, 11) is 2.50. The van der Waals surface area contributed by atoms with Gasteiger partial charge in [-0.1, -0.05) is 6.42 Å². The molecule has 20 heavy (non-hydrogen) atoms. The summed E-state index contributed by atoms with van der Waals surface area (Å²) in [6.07, 6.45) is 2.42. The summed E-state index contributed by atoms with van der Waals surface area (Å²) in [4.78, 5) is 33.4. The first-order chi connectivity index (χ1) is 9.34. The van der Waals surface area contributed by atoms with E-state index in [1.807, 2.05) is 0 Å². The van der Waals surface area contributed by atoms with Gasteiger partial charge in [0.25, 0.3) is 0 Å². The predicted molar refractivity (Wildman–Crippen MR) is 69.8 cm³/mol. The molecule has 0 aromatic carbocycles. The number of carbonyl (C=O) groups excluding carboxylic acids is 3. The quantitative estimate of drug-likeness (QED) is 0.318. The minimum absolute atomic E-state index is 0.0316. The largest absolute Gasteiger partial charge is 0.356 e. The second kappa shape index (κ2) is 10.2. The monoisotopic (exact) mass is 289 g/mol. The summed E-state index contributed by atoms with van der Waals surface area (Å²) in [5.74, 6) is -1.08. The molecule has 0 rings (SSSR count). The number of hydroxylamine groups is 4. The van der Waals surface area contributed by atoms with Gasteiger partial charge in [-0.05, 0) is 12.8 Å². The summed E-state index contributed by atoms with van der Waals surface area (Å²) in [5.41, 5.74) is 0. The van der Waals surface area contributed by atoms with Gasteiger partial charge in [-0.25, -0.2) is 10.1 Å². The van der Waals surface area contributed by atoms with E-state index < -0.39 is 5.91 Å². The fourth-order valence-electron chi connectivity index (χ4n) is 1.44. The number of hydrogen-bond donors (Lipinski definition) is 3. The Morgan fingerprint density at radius 1 is 0.850 bits per heavy atom. The van der Waals surface area contributed by atoms with Crippen LogP contribution < -0.4 is 5.32 Å². The van der Waals surface area contributed by atoms with Crippen molar-refractivity contribution in [2.75, 3.05) is 20.6 Å². The van der Waals surface area contributed by atoms with Crippen LogP contribution in [0.25, 0.3) is 0 Å². The fourth-order valence-corrected chi connectivity index (χ4v) is 1.44. The molecule has 0 aliphatic carbocycles. The minimum Gasteiger partial charge on any atom is -0.356 e. The number of nitrogens with one attached hydrogen (secondary N) is 1. The van der Waals surface area contributed by atoms with Crippen LogP contribution in [-0.2, 0) is 14.4 Å². The summed E-state index contributed by atoms with van der Waals surface area (Å²) in [6.45, 7) is 0.477. The van der Waals surface area contributed by atoms with Crippen LogP contribution in [0.5, 0.6) is 0 Å². The molecule has 0 aromatic rings. The molecule has 0 bridgehead atoms. The van der Waals surface area contributed by atoms with Crippen molar-refractivity contribution in [3.05, 3.63) is 0 Å². The van der Waals surface area contributed by atoms with Crippen LogP contribution in [0.15, 0.2) is 0 Å². The average molecular weight is 289 g/mol. The first-order valence-corrected chi connectivity index (χ1v) is 6.52. The highest BCUT2D eigenvalue weighted by Crippen LogP contribution is 2.01. The zero-order chi connectivity index (χ0) is 15.5. The second-order valence-electron chi connectivity index (χ2n) is 4.50. The highest BCUT2D eigenvalue weighted by Gasteiger charge is 2.09. The van der Waals surface area contributed by atoms with Crippen LogP contribution in [0.1, 0.15) is 38.5 Å². The predicted octanol–water partition coefficient (Wildman–Crippen LogP) is 0.138. The third-order valence-electron chi connectivity index (χ3n) is 2.68. The molecule has 116 valence electrons. The van der Waals surface area contributed by atoms with Gasteiger partial charge in [0.2, 0.25) is 17.7 Å². The van der Waals surface area contributed by atoms with Crippen LogP contribution in [0.4, 0.5) is 0 Å². The van der Waals surface area contributed by atoms with Crippen molar-refractivity contribution >= 4 is 17.7 Å². The van der Waals surface area contributed by atoms with Crippen LogP contribution in [0.2, 0.25) is 0 Å². The van der Waals surface area contributed by atoms with E-state index in [-0.39, 0.29) is 31.1 Å². The highest BCUT2D eigenvalue weighted by molar-refractivity contribution is 5.83. The Morgan fingerprint density at radius 3 is 1.95 bits per heavy atom. The molecule has 3 N–H and O–H groups in total. The second-order valence-corrected chi connectivity index (χ2v) is 4.50. The van der Waals surface area contributed by atoms with Crippen molar-refractivity contribution in [3.8, 4) is 0 Å². The first kappa shape index (κ1) is 18.3. The summed E-state index contributed by atoms with van der Waals surface area (Å²) in [6, 6.07) is 0. The van der Waals surface area contributed by atoms with Gasteiger partial charge in [0.15, 0.2) is 0 Å². The highest BCUT2D eigenvalue weighted by atomic mass is 16.5. The molecule has 0 spiro atoms. The smallest absolute Gasteiger partial charge is 0.246 e. The van der Waals surface area contributed by atoms with Gasteiger partial charge >= 0.3 is 0 Å². The Morgan fingerprint density at radius 2 is 1.40 bits per heavy atom. The molecule has 0 aliphatic rings. The van der Waals surface area contributed by atoms with Gasteiger partial charge in [0, 0.05) is 39.9 Å². The van der Waals surface area contributed by atoms with Crippen LogP contribution in [0.3, 0.4) is 0 Å². The molecule has 0 unspecified atom stereocenters. The van der Waals surface area contributed by atoms with E-state index in [1.54, 1.807) is 0 Å². The molecule has 8 heteroatoms. The molecular formula is C12H23N3O5. The van der Waals surface area contributed by atoms with E-state index in [2.05, 4.69) is 5.32 Å². The Labute approximate surface area is 118 Å². The van der Waals surface area contributed by atoms with Gasteiger partial charge in [0.05, 0.1) is 0 Å². The topological polar surface area (TPSA) is 110 Å². The lowest BCUT2D eigenvalue weighted by Crippen LogP contribution is -2.28. The van der Waals surface area contributed by atoms with Gasteiger partial charge in [0.1, 0.15) is 0 Å². The Balaban J connectivity index is 3.49. The van der Waals surface area contributed by atoms with Crippen molar-refractivity contribution in [2.45, 2.75) is 38.5 Å². The molecule has 0 fully saturated rings. The molecule has 0 saturated carbocycles. The molecular weight excluding hydrogens is 266 g/mol. The lowest BCUT2D eigenvalue weighted by atomic mass is 10.2. The van der Waals surface area contributed by atoms with Crippen molar-refractivity contribution in [1.29, 1.82) is 0 Å². The summed E-state index contributed by atoms with van der Waals surface area (Å²) in [5, 5.41) is 21.3. The zero-order valence-electron chi connectivity index (χ0n) is 12.0. The zero-order valence-corrected chi connectivity index (χ0v) is 12.0. The van der Waals surface area contributed by atoms with Gasteiger partial charge in [-0.2, -0.15) is 0 Å².